The van der Waals surface area contributed by atoms with Gasteiger partial charge in [0, 0.05) is 23.3 Å². The molecule has 0 aliphatic carbocycles. The van der Waals surface area contributed by atoms with E-state index in [9.17, 15) is 4.79 Å². The fraction of sp³-hybridized carbons (Fsp3) is 0.273. The minimum absolute atomic E-state index is 0.160. The Balaban J connectivity index is 1.44. The number of amides is 1. The average Bonchev–Trinajstić information content (AvgIpc) is 3.36. The van der Waals surface area contributed by atoms with Crippen LogP contribution in [0.25, 0.3) is 5.69 Å². The fourth-order valence-electron chi connectivity index (χ4n) is 3.25. The maximum Gasteiger partial charge on any atom is 0.256 e. The third-order valence-electron chi connectivity index (χ3n) is 4.70. The standard InChI is InChI=1S/C22H22ClN3O3/c1-15-12-21(26(25-15)18-5-2-4-17(23)13-18)24-22(27)16-7-9-19(10-8-16)29-14-20-6-3-11-28-20/h2,4-5,7-10,12-13,20H,3,6,11,14H2,1H3,(H,24,27). The Morgan fingerprint density at radius 2 is 2.10 bits per heavy atom. The number of carbonyl (C=O) groups excluding carboxylic acids is 1. The van der Waals surface area contributed by atoms with E-state index in [0.29, 0.717) is 23.0 Å². The van der Waals surface area contributed by atoms with Crippen molar-refractivity contribution in [3.63, 3.8) is 0 Å². The lowest BCUT2D eigenvalue weighted by Crippen LogP contribution is -2.17. The lowest BCUT2D eigenvalue weighted by Gasteiger charge is -2.12. The van der Waals surface area contributed by atoms with Gasteiger partial charge in [-0.2, -0.15) is 5.10 Å². The van der Waals surface area contributed by atoms with Gasteiger partial charge < -0.3 is 14.8 Å². The molecule has 0 saturated carbocycles. The molecule has 7 heteroatoms. The van der Waals surface area contributed by atoms with Gasteiger partial charge in [0.1, 0.15) is 18.2 Å². The number of aromatic nitrogens is 2. The summed E-state index contributed by atoms with van der Waals surface area (Å²) < 4.78 is 13.0. The van der Waals surface area contributed by atoms with E-state index in [1.807, 2.05) is 25.1 Å². The summed E-state index contributed by atoms with van der Waals surface area (Å²) in [6.07, 6.45) is 2.27. The number of anilines is 1. The third kappa shape index (κ3) is 4.78. The number of carbonyl (C=O) groups is 1. The molecule has 1 aliphatic rings. The smallest absolute Gasteiger partial charge is 0.256 e. The number of nitrogens with one attached hydrogen (secondary N) is 1. The maximum absolute atomic E-state index is 12.7. The Morgan fingerprint density at radius 3 is 2.83 bits per heavy atom. The molecule has 2 heterocycles. The predicted molar refractivity (Wildman–Crippen MR) is 112 cm³/mol. The molecule has 3 aromatic rings. The molecule has 1 N–H and O–H groups in total. The van der Waals surface area contributed by atoms with Crippen LogP contribution in [0.15, 0.2) is 54.6 Å². The van der Waals surface area contributed by atoms with Gasteiger partial charge in [0.05, 0.1) is 17.5 Å². The van der Waals surface area contributed by atoms with Crippen LogP contribution in [0.4, 0.5) is 5.82 Å². The molecule has 29 heavy (non-hydrogen) atoms. The van der Waals surface area contributed by atoms with Crippen molar-refractivity contribution in [1.29, 1.82) is 0 Å². The van der Waals surface area contributed by atoms with Crippen LogP contribution in [-0.2, 0) is 4.74 Å². The van der Waals surface area contributed by atoms with Gasteiger partial charge >= 0.3 is 0 Å². The van der Waals surface area contributed by atoms with E-state index in [1.165, 1.54) is 0 Å². The van der Waals surface area contributed by atoms with E-state index >= 15 is 0 Å². The zero-order chi connectivity index (χ0) is 20.2. The summed E-state index contributed by atoms with van der Waals surface area (Å²) >= 11 is 6.09. The topological polar surface area (TPSA) is 65.4 Å². The van der Waals surface area contributed by atoms with Gasteiger partial charge in [-0.25, -0.2) is 4.68 Å². The molecule has 1 fully saturated rings. The minimum atomic E-state index is -0.223. The summed E-state index contributed by atoms with van der Waals surface area (Å²) in [6, 6.07) is 16.2. The number of nitrogens with zero attached hydrogens (tertiary/aromatic N) is 2. The predicted octanol–water partition coefficient (Wildman–Crippen LogP) is 4.64. The largest absolute Gasteiger partial charge is 0.491 e. The zero-order valence-electron chi connectivity index (χ0n) is 16.1. The number of hydrogen-bond donors (Lipinski definition) is 1. The van der Waals surface area contributed by atoms with E-state index < -0.39 is 0 Å². The fourth-order valence-corrected chi connectivity index (χ4v) is 3.43. The van der Waals surface area contributed by atoms with Crippen LogP contribution in [0.3, 0.4) is 0 Å². The van der Waals surface area contributed by atoms with Crippen LogP contribution in [0.2, 0.25) is 5.02 Å². The molecular formula is C22H22ClN3O3. The molecular weight excluding hydrogens is 390 g/mol. The van der Waals surface area contributed by atoms with Crippen LogP contribution in [0, 0.1) is 6.92 Å². The Hall–Kier alpha value is -2.83. The molecule has 0 spiro atoms. The first-order chi connectivity index (χ1) is 14.1. The van der Waals surface area contributed by atoms with E-state index in [-0.39, 0.29) is 12.0 Å². The van der Waals surface area contributed by atoms with Crippen LogP contribution in [0.1, 0.15) is 28.9 Å². The van der Waals surface area contributed by atoms with Crippen LogP contribution >= 0.6 is 11.6 Å². The van der Waals surface area contributed by atoms with Crippen LogP contribution < -0.4 is 10.1 Å². The summed E-state index contributed by atoms with van der Waals surface area (Å²) in [7, 11) is 0. The third-order valence-corrected chi connectivity index (χ3v) is 4.94. The number of ether oxygens (including phenoxy) is 2. The second-order valence-electron chi connectivity index (χ2n) is 6.99. The highest BCUT2D eigenvalue weighted by molar-refractivity contribution is 6.30. The van der Waals surface area contributed by atoms with Gasteiger partial charge in [-0.3, -0.25) is 4.79 Å². The summed E-state index contributed by atoms with van der Waals surface area (Å²) in [5.74, 6) is 1.07. The normalized spacial score (nSPS) is 16.0. The molecule has 1 saturated heterocycles. The van der Waals surface area contributed by atoms with Crippen molar-refractivity contribution < 1.29 is 14.3 Å². The van der Waals surface area contributed by atoms with E-state index in [1.54, 1.807) is 41.1 Å². The quantitative estimate of drug-likeness (QED) is 0.641. The van der Waals surface area contributed by atoms with Gasteiger partial charge in [-0.1, -0.05) is 17.7 Å². The number of rotatable bonds is 6. The van der Waals surface area contributed by atoms with Gasteiger partial charge in [0.2, 0.25) is 0 Å². The highest BCUT2D eigenvalue weighted by atomic mass is 35.5. The van der Waals surface area contributed by atoms with Crippen molar-refractivity contribution in [3.05, 3.63) is 70.9 Å². The monoisotopic (exact) mass is 411 g/mol. The lowest BCUT2D eigenvalue weighted by molar-refractivity contribution is 0.0679. The first-order valence-electron chi connectivity index (χ1n) is 9.57. The molecule has 4 rings (SSSR count). The molecule has 0 radical (unpaired) electrons. The zero-order valence-corrected chi connectivity index (χ0v) is 16.9. The molecule has 1 amide bonds. The van der Waals surface area contributed by atoms with Crippen LogP contribution in [0.5, 0.6) is 5.75 Å². The second kappa shape index (κ2) is 8.68. The van der Waals surface area contributed by atoms with Crippen molar-refractivity contribution >= 4 is 23.3 Å². The number of benzene rings is 2. The van der Waals surface area contributed by atoms with E-state index in [0.717, 1.165) is 36.6 Å². The summed E-state index contributed by atoms with van der Waals surface area (Å²) in [6.45, 7) is 3.21. The summed E-state index contributed by atoms with van der Waals surface area (Å²) in [5.41, 5.74) is 2.10. The molecule has 1 unspecified atom stereocenters. The number of aryl methyl sites for hydroxylation is 1. The Morgan fingerprint density at radius 1 is 1.28 bits per heavy atom. The first-order valence-corrected chi connectivity index (χ1v) is 9.95. The number of hydrogen-bond acceptors (Lipinski definition) is 4. The molecule has 1 aliphatic heterocycles. The highest BCUT2D eigenvalue weighted by Crippen LogP contribution is 2.21. The SMILES string of the molecule is Cc1cc(NC(=O)c2ccc(OCC3CCCO3)cc2)n(-c2cccc(Cl)c2)n1. The molecule has 2 aromatic carbocycles. The molecule has 0 bridgehead atoms. The van der Waals surface area contributed by atoms with E-state index in [4.69, 9.17) is 21.1 Å². The van der Waals surface area contributed by atoms with Gasteiger partial charge in [-0.15, -0.1) is 0 Å². The second-order valence-corrected chi connectivity index (χ2v) is 7.42. The average molecular weight is 412 g/mol. The van der Waals surface area contributed by atoms with E-state index in [2.05, 4.69) is 10.4 Å². The van der Waals surface area contributed by atoms with Gasteiger partial charge in [-0.05, 0) is 62.2 Å². The van der Waals surface area contributed by atoms with Gasteiger partial charge in [0.15, 0.2) is 0 Å². The van der Waals surface area contributed by atoms with Crippen molar-refractivity contribution in [2.24, 2.45) is 0 Å². The van der Waals surface area contributed by atoms with Crippen molar-refractivity contribution in [2.75, 3.05) is 18.5 Å². The first kappa shape index (κ1) is 19.5. The van der Waals surface area contributed by atoms with Crippen molar-refractivity contribution in [3.8, 4) is 11.4 Å². The summed E-state index contributed by atoms with van der Waals surface area (Å²) in [5, 5.41) is 7.98. The molecule has 6 nitrogen and oxygen atoms in total. The molecule has 1 atom stereocenters. The summed E-state index contributed by atoms with van der Waals surface area (Å²) in [4.78, 5) is 12.7. The Labute approximate surface area is 174 Å². The molecule has 1 aromatic heterocycles. The number of halogens is 1. The van der Waals surface area contributed by atoms with Crippen molar-refractivity contribution in [1.82, 2.24) is 9.78 Å². The Bertz CT molecular complexity index is 995. The highest BCUT2D eigenvalue weighted by Gasteiger charge is 2.16. The maximum atomic E-state index is 12.7. The lowest BCUT2D eigenvalue weighted by atomic mass is 10.2. The minimum Gasteiger partial charge on any atom is -0.491 e. The molecule has 150 valence electrons. The van der Waals surface area contributed by atoms with Gasteiger partial charge in [0.25, 0.3) is 5.91 Å². The van der Waals surface area contributed by atoms with Crippen molar-refractivity contribution in [2.45, 2.75) is 25.9 Å². The Kier molecular flexibility index (Phi) is 5.83. The van der Waals surface area contributed by atoms with Crippen LogP contribution in [-0.4, -0.2) is 35.0 Å².